The van der Waals surface area contributed by atoms with Crippen LogP contribution >= 0.6 is 0 Å². The van der Waals surface area contributed by atoms with Crippen LogP contribution in [0.15, 0.2) is 0 Å². The van der Waals surface area contributed by atoms with Crippen molar-refractivity contribution in [1.82, 2.24) is 10.6 Å². The molecule has 1 aliphatic rings. The zero-order valence-corrected chi connectivity index (χ0v) is 8.51. The third-order valence-corrected chi connectivity index (χ3v) is 2.53. The molecule has 5 nitrogen and oxygen atoms in total. The minimum absolute atomic E-state index is 0.0140. The predicted octanol–water partition coefficient (Wildman–Crippen LogP) is 0.200. The number of carbonyl (C=O) groups is 3. The summed E-state index contributed by atoms with van der Waals surface area (Å²) in [7, 11) is 0. The molecule has 2 N–H and O–H groups in total. The van der Waals surface area contributed by atoms with Crippen molar-refractivity contribution in [2.24, 2.45) is 5.92 Å². The van der Waals surface area contributed by atoms with Gasteiger partial charge in [0.2, 0.25) is 0 Å². The van der Waals surface area contributed by atoms with Crippen LogP contribution < -0.4 is 10.6 Å². The Hall–Kier alpha value is -1.39. The number of imide groups is 1. The monoisotopic (exact) mass is 198 g/mol. The van der Waals surface area contributed by atoms with Crippen LogP contribution in [0.5, 0.6) is 0 Å². The molecule has 0 aromatic carbocycles. The smallest absolute Gasteiger partial charge is 0.322 e. The standard InChI is InChI=1S/C9H14N2O3/c1-5(6(2)12)4-9(3)7(13)10-8(14)11-9/h5H,4H2,1-3H3,(H2,10,11,13,14)/t5?,9-/m0/s1. The summed E-state index contributed by atoms with van der Waals surface area (Å²) in [5.74, 6) is -0.583. The van der Waals surface area contributed by atoms with Crippen molar-refractivity contribution in [3.8, 4) is 0 Å². The van der Waals surface area contributed by atoms with Gasteiger partial charge in [-0.05, 0) is 20.3 Å². The number of hydrogen-bond acceptors (Lipinski definition) is 3. The zero-order chi connectivity index (χ0) is 10.9. The molecule has 3 amide bonds. The summed E-state index contributed by atoms with van der Waals surface area (Å²) < 4.78 is 0. The van der Waals surface area contributed by atoms with Gasteiger partial charge < -0.3 is 5.32 Å². The van der Waals surface area contributed by atoms with Crippen LogP contribution in [0, 0.1) is 5.92 Å². The van der Waals surface area contributed by atoms with Crippen molar-refractivity contribution in [3.05, 3.63) is 0 Å². The molecule has 14 heavy (non-hydrogen) atoms. The van der Waals surface area contributed by atoms with Crippen molar-refractivity contribution in [1.29, 1.82) is 0 Å². The normalized spacial score (nSPS) is 28.2. The highest BCUT2D eigenvalue weighted by molar-refractivity contribution is 6.06. The number of urea groups is 1. The SMILES string of the molecule is CC(=O)C(C)C[C@]1(C)NC(=O)NC1=O. The van der Waals surface area contributed by atoms with E-state index in [0.717, 1.165) is 0 Å². The molecule has 78 valence electrons. The lowest BCUT2D eigenvalue weighted by molar-refractivity contribution is -0.125. The molecule has 0 spiro atoms. The first-order valence-corrected chi connectivity index (χ1v) is 4.49. The number of nitrogens with one attached hydrogen (secondary N) is 2. The maximum Gasteiger partial charge on any atom is 0.322 e. The van der Waals surface area contributed by atoms with Crippen LogP contribution in [-0.4, -0.2) is 23.3 Å². The third kappa shape index (κ3) is 1.92. The summed E-state index contributed by atoms with van der Waals surface area (Å²) >= 11 is 0. The van der Waals surface area contributed by atoms with Gasteiger partial charge in [-0.25, -0.2) is 4.79 Å². The Morgan fingerprint density at radius 3 is 2.43 bits per heavy atom. The van der Waals surface area contributed by atoms with Crippen LogP contribution in [0.4, 0.5) is 4.79 Å². The number of rotatable bonds is 3. The van der Waals surface area contributed by atoms with Gasteiger partial charge in [0.1, 0.15) is 11.3 Å². The van der Waals surface area contributed by atoms with Gasteiger partial charge in [0.05, 0.1) is 0 Å². The van der Waals surface area contributed by atoms with Crippen LogP contribution in [0.3, 0.4) is 0 Å². The van der Waals surface area contributed by atoms with Gasteiger partial charge in [-0.15, -0.1) is 0 Å². The Labute approximate surface area is 82.2 Å². The minimum atomic E-state index is -0.942. The molecular weight excluding hydrogens is 184 g/mol. The topological polar surface area (TPSA) is 75.3 Å². The van der Waals surface area contributed by atoms with Crippen molar-refractivity contribution in [3.63, 3.8) is 0 Å². The molecule has 2 atom stereocenters. The molecule has 1 unspecified atom stereocenters. The van der Waals surface area contributed by atoms with E-state index in [9.17, 15) is 14.4 Å². The molecule has 1 heterocycles. The Morgan fingerprint density at radius 1 is 1.50 bits per heavy atom. The van der Waals surface area contributed by atoms with E-state index in [1.165, 1.54) is 6.92 Å². The first-order valence-electron chi connectivity index (χ1n) is 4.49. The fraction of sp³-hybridized carbons (Fsp3) is 0.667. The highest BCUT2D eigenvalue weighted by Gasteiger charge is 2.43. The molecule has 0 saturated carbocycles. The Morgan fingerprint density at radius 2 is 2.07 bits per heavy atom. The van der Waals surface area contributed by atoms with E-state index in [1.54, 1.807) is 13.8 Å². The Bertz CT molecular complexity index is 300. The van der Waals surface area contributed by atoms with Crippen LogP contribution in [-0.2, 0) is 9.59 Å². The minimum Gasteiger partial charge on any atom is -0.324 e. The van der Waals surface area contributed by atoms with Gasteiger partial charge in [0.15, 0.2) is 0 Å². The molecule has 1 saturated heterocycles. The van der Waals surface area contributed by atoms with E-state index in [1.807, 2.05) is 0 Å². The lowest BCUT2D eigenvalue weighted by Crippen LogP contribution is -2.45. The fourth-order valence-corrected chi connectivity index (χ4v) is 1.48. The molecule has 1 rings (SSSR count). The molecule has 0 aromatic heterocycles. The highest BCUT2D eigenvalue weighted by Crippen LogP contribution is 2.20. The van der Waals surface area contributed by atoms with Crippen molar-refractivity contribution in [2.75, 3.05) is 0 Å². The molecule has 0 radical (unpaired) electrons. The molecule has 1 aliphatic heterocycles. The van der Waals surface area contributed by atoms with Crippen molar-refractivity contribution < 1.29 is 14.4 Å². The average molecular weight is 198 g/mol. The van der Waals surface area contributed by atoms with Gasteiger partial charge >= 0.3 is 6.03 Å². The Balaban J connectivity index is 2.72. The molecule has 1 fully saturated rings. The summed E-state index contributed by atoms with van der Waals surface area (Å²) in [4.78, 5) is 33.3. The average Bonchev–Trinajstić information content (AvgIpc) is 2.25. The van der Waals surface area contributed by atoms with Gasteiger partial charge in [-0.1, -0.05) is 6.92 Å². The fourth-order valence-electron chi connectivity index (χ4n) is 1.48. The number of hydrogen-bond donors (Lipinski definition) is 2. The second kappa shape index (κ2) is 3.40. The predicted molar refractivity (Wildman–Crippen MR) is 49.5 cm³/mol. The first-order chi connectivity index (χ1) is 6.35. The van der Waals surface area contributed by atoms with E-state index >= 15 is 0 Å². The van der Waals surface area contributed by atoms with E-state index in [4.69, 9.17) is 0 Å². The molecule has 0 aliphatic carbocycles. The van der Waals surface area contributed by atoms with E-state index in [0.29, 0.717) is 6.42 Å². The maximum absolute atomic E-state index is 11.4. The second-order valence-electron chi connectivity index (χ2n) is 3.96. The third-order valence-electron chi connectivity index (χ3n) is 2.53. The largest absolute Gasteiger partial charge is 0.324 e. The number of Topliss-reactive ketones (excluding diaryl/α,β-unsaturated/α-hetero) is 1. The van der Waals surface area contributed by atoms with E-state index in [-0.39, 0.29) is 17.6 Å². The quantitative estimate of drug-likeness (QED) is 0.636. The van der Waals surface area contributed by atoms with Crippen LogP contribution in [0.25, 0.3) is 0 Å². The summed E-state index contributed by atoms with van der Waals surface area (Å²) in [6.45, 7) is 4.83. The molecular formula is C9H14N2O3. The summed E-state index contributed by atoms with van der Waals surface area (Å²) in [6, 6.07) is -0.492. The molecule has 0 aromatic rings. The van der Waals surface area contributed by atoms with Gasteiger partial charge in [-0.2, -0.15) is 0 Å². The number of carbonyl (C=O) groups excluding carboxylic acids is 3. The van der Waals surface area contributed by atoms with Gasteiger partial charge in [0.25, 0.3) is 5.91 Å². The van der Waals surface area contributed by atoms with Crippen molar-refractivity contribution >= 4 is 17.7 Å². The number of amides is 3. The van der Waals surface area contributed by atoms with E-state index in [2.05, 4.69) is 10.6 Å². The zero-order valence-electron chi connectivity index (χ0n) is 8.51. The van der Waals surface area contributed by atoms with E-state index < -0.39 is 11.6 Å². The highest BCUT2D eigenvalue weighted by atomic mass is 16.2. The summed E-state index contributed by atoms with van der Waals surface area (Å²) in [5.41, 5.74) is -0.942. The maximum atomic E-state index is 11.4. The van der Waals surface area contributed by atoms with Crippen LogP contribution in [0.1, 0.15) is 27.2 Å². The lowest BCUT2D eigenvalue weighted by atomic mass is 9.88. The molecule has 0 bridgehead atoms. The summed E-state index contributed by atoms with van der Waals surface area (Å²) in [6.07, 6.45) is 0.333. The van der Waals surface area contributed by atoms with Crippen LogP contribution in [0.2, 0.25) is 0 Å². The summed E-state index contributed by atoms with van der Waals surface area (Å²) in [5, 5.41) is 4.67. The Kier molecular flexibility index (Phi) is 2.59. The molecule has 5 heteroatoms. The van der Waals surface area contributed by atoms with Crippen molar-refractivity contribution in [2.45, 2.75) is 32.7 Å². The number of ketones is 1. The van der Waals surface area contributed by atoms with Gasteiger partial charge in [0, 0.05) is 5.92 Å². The first kappa shape index (κ1) is 10.7. The second-order valence-corrected chi connectivity index (χ2v) is 3.96. The lowest BCUT2D eigenvalue weighted by Gasteiger charge is -2.22. The van der Waals surface area contributed by atoms with Gasteiger partial charge in [-0.3, -0.25) is 14.9 Å².